The fourth-order valence-corrected chi connectivity index (χ4v) is 2.80. The number of ether oxygens (including phenoxy) is 2. The fourth-order valence-electron chi connectivity index (χ4n) is 2.80. The van der Waals surface area contributed by atoms with Gasteiger partial charge >= 0.3 is 0 Å². The van der Waals surface area contributed by atoms with Crippen LogP contribution in [0.15, 0.2) is 42.5 Å². The van der Waals surface area contributed by atoms with Crippen molar-refractivity contribution in [2.75, 3.05) is 45.1 Å². The number of nitrogens with zero attached hydrogens (tertiary/aromatic N) is 1. The molecule has 0 saturated carbocycles. The standard InChI is InChI=1S/C22H29N3O4/c1-25(2)18-11-9-17(10-12-18)24-22(27)15-23-21(26)7-5-6-16-8-13-19(28-3)20(14-16)29-4/h8-14H,5-7,15H2,1-4H3,(H,23,26)(H,24,27). The number of carbonyl (C=O) groups is 2. The van der Waals surface area contributed by atoms with E-state index >= 15 is 0 Å². The van der Waals surface area contributed by atoms with Gasteiger partial charge in [0.15, 0.2) is 11.5 Å². The second-order valence-corrected chi connectivity index (χ2v) is 6.81. The number of methoxy groups -OCH3 is 2. The van der Waals surface area contributed by atoms with Crippen molar-refractivity contribution in [3.8, 4) is 11.5 Å². The highest BCUT2D eigenvalue weighted by Crippen LogP contribution is 2.28. The third-order valence-electron chi connectivity index (χ3n) is 4.43. The van der Waals surface area contributed by atoms with E-state index in [1.807, 2.05) is 61.5 Å². The lowest BCUT2D eigenvalue weighted by molar-refractivity contribution is -0.124. The summed E-state index contributed by atoms with van der Waals surface area (Å²) in [5, 5.41) is 5.43. The minimum Gasteiger partial charge on any atom is -0.493 e. The van der Waals surface area contributed by atoms with Crippen LogP contribution in [0.5, 0.6) is 11.5 Å². The molecular formula is C22H29N3O4. The fraction of sp³-hybridized carbons (Fsp3) is 0.364. The normalized spacial score (nSPS) is 10.2. The van der Waals surface area contributed by atoms with Gasteiger partial charge in [0, 0.05) is 31.9 Å². The molecule has 2 rings (SSSR count). The molecular weight excluding hydrogens is 370 g/mol. The van der Waals surface area contributed by atoms with E-state index < -0.39 is 0 Å². The molecule has 2 amide bonds. The molecule has 0 radical (unpaired) electrons. The maximum Gasteiger partial charge on any atom is 0.243 e. The Labute approximate surface area is 172 Å². The second-order valence-electron chi connectivity index (χ2n) is 6.81. The molecule has 0 spiro atoms. The summed E-state index contributed by atoms with van der Waals surface area (Å²) in [5.74, 6) is 0.945. The maximum atomic E-state index is 12.0. The van der Waals surface area contributed by atoms with Gasteiger partial charge in [-0.25, -0.2) is 0 Å². The van der Waals surface area contributed by atoms with E-state index in [0.29, 0.717) is 30.0 Å². The van der Waals surface area contributed by atoms with Gasteiger partial charge in [0.1, 0.15) is 0 Å². The van der Waals surface area contributed by atoms with Gasteiger partial charge in [0.05, 0.1) is 20.8 Å². The second kappa shape index (κ2) is 10.9. The molecule has 7 heteroatoms. The van der Waals surface area contributed by atoms with Crippen LogP contribution in [-0.2, 0) is 16.0 Å². The lowest BCUT2D eigenvalue weighted by Crippen LogP contribution is -2.32. The van der Waals surface area contributed by atoms with Crippen molar-refractivity contribution >= 4 is 23.2 Å². The lowest BCUT2D eigenvalue weighted by atomic mass is 10.1. The number of anilines is 2. The lowest BCUT2D eigenvalue weighted by Gasteiger charge is -2.13. The molecule has 0 fully saturated rings. The first-order valence-corrected chi connectivity index (χ1v) is 9.47. The van der Waals surface area contributed by atoms with Gasteiger partial charge in [-0.2, -0.15) is 0 Å². The summed E-state index contributed by atoms with van der Waals surface area (Å²) in [4.78, 5) is 26.0. The number of hydrogen-bond acceptors (Lipinski definition) is 5. The van der Waals surface area contributed by atoms with E-state index in [-0.39, 0.29) is 18.4 Å². The van der Waals surface area contributed by atoms with Gasteiger partial charge < -0.3 is 25.0 Å². The van der Waals surface area contributed by atoms with Crippen LogP contribution >= 0.6 is 0 Å². The van der Waals surface area contributed by atoms with Crippen LogP contribution in [0.2, 0.25) is 0 Å². The van der Waals surface area contributed by atoms with Gasteiger partial charge in [-0.3, -0.25) is 9.59 Å². The summed E-state index contributed by atoms with van der Waals surface area (Å²) >= 11 is 0. The predicted octanol–water partition coefficient (Wildman–Crippen LogP) is 2.85. The molecule has 29 heavy (non-hydrogen) atoms. The van der Waals surface area contributed by atoms with Crippen molar-refractivity contribution in [1.82, 2.24) is 5.32 Å². The minimum absolute atomic E-state index is 0.0510. The zero-order valence-corrected chi connectivity index (χ0v) is 17.5. The summed E-state index contributed by atoms with van der Waals surface area (Å²) in [7, 11) is 7.09. The molecule has 7 nitrogen and oxygen atoms in total. The SMILES string of the molecule is COc1ccc(CCCC(=O)NCC(=O)Nc2ccc(N(C)C)cc2)cc1OC. The Kier molecular flexibility index (Phi) is 8.33. The average molecular weight is 399 g/mol. The predicted molar refractivity (Wildman–Crippen MR) is 115 cm³/mol. The Balaban J connectivity index is 1.70. The van der Waals surface area contributed by atoms with Crippen molar-refractivity contribution in [3.05, 3.63) is 48.0 Å². The van der Waals surface area contributed by atoms with Gasteiger partial charge in [-0.15, -0.1) is 0 Å². The monoisotopic (exact) mass is 399 g/mol. The smallest absolute Gasteiger partial charge is 0.243 e. The minimum atomic E-state index is -0.254. The topological polar surface area (TPSA) is 79.9 Å². The van der Waals surface area contributed by atoms with E-state index in [1.165, 1.54) is 0 Å². The van der Waals surface area contributed by atoms with Gasteiger partial charge in [0.25, 0.3) is 0 Å². The van der Waals surface area contributed by atoms with Crippen molar-refractivity contribution in [2.45, 2.75) is 19.3 Å². The first kappa shape index (κ1) is 22.1. The summed E-state index contributed by atoms with van der Waals surface area (Å²) in [6, 6.07) is 13.2. The van der Waals surface area contributed by atoms with Crippen LogP contribution in [0.1, 0.15) is 18.4 Å². The molecule has 2 N–H and O–H groups in total. The summed E-state index contributed by atoms with van der Waals surface area (Å²) in [6.07, 6.45) is 1.76. The van der Waals surface area contributed by atoms with Gasteiger partial charge in [0.2, 0.25) is 11.8 Å². The van der Waals surface area contributed by atoms with E-state index in [9.17, 15) is 9.59 Å². The molecule has 0 unspecified atom stereocenters. The summed E-state index contributed by atoms with van der Waals surface area (Å²) < 4.78 is 10.5. The highest BCUT2D eigenvalue weighted by molar-refractivity contribution is 5.94. The first-order chi connectivity index (χ1) is 13.9. The quantitative estimate of drug-likeness (QED) is 0.642. The molecule has 0 saturated heterocycles. The molecule has 2 aromatic rings. The molecule has 156 valence electrons. The Morgan fingerprint density at radius 3 is 2.24 bits per heavy atom. The van der Waals surface area contributed by atoms with Crippen LogP contribution in [0.25, 0.3) is 0 Å². The zero-order chi connectivity index (χ0) is 21.2. The van der Waals surface area contributed by atoms with Crippen LogP contribution in [0.3, 0.4) is 0 Å². The Hall–Kier alpha value is -3.22. The summed E-state index contributed by atoms with van der Waals surface area (Å²) in [5.41, 5.74) is 2.81. The number of amides is 2. The van der Waals surface area contributed by atoms with Crippen molar-refractivity contribution in [2.24, 2.45) is 0 Å². The number of nitrogens with one attached hydrogen (secondary N) is 2. The third kappa shape index (κ3) is 7.03. The van der Waals surface area contributed by atoms with Gasteiger partial charge in [-0.1, -0.05) is 6.07 Å². The largest absolute Gasteiger partial charge is 0.493 e. The molecule has 0 aliphatic carbocycles. The van der Waals surface area contributed by atoms with E-state index in [4.69, 9.17) is 9.47 Å². The van der Waals surface area contributed by atoms with Crippen LogP contribution in [-0.4, -0.2) is 46.7 Å². The van der Waals surface area contributed by atoms with Crippen LogP contribution < -0.4 is 25.0 Å². The molecule has 0 bridgehead atoms. The molecule has 2 aromatic carbocycles. The maximum absolute atomic E-state index is 12.0. The third-order valence-corrected chi connectivity index (χ3v) is 4.43. The summed E-state index contributed by atoms with van der Waals surface area (Å²) in [6.45, 7) is -0.0510. The first-order valence-electron chi connectivity index (χ1n) is 9.47. The van der Waals surface area contributed by atoms with E-state index in [0.717, 1.165) is 17.7 Å². The van der Waals surface area contributed by atoms with E-state index in [1.54, 1.807) is 14.2 Å². The molecule has 0 aromatic heterocycles. The van der Waals surface area contributed by atoms with Crippen molar-refractivity contribution < 1.29 is 19.1 Å². The molecule has 0 atom stereocenters. The highest BCUT2D eigenvalue weighted by atomic mass is 16.5. The average Bonchev–Trinajstić information content (AvgIpc) is 2.72. The Morgan fingerprint density at radius 1 is 0.931 bits per heavy atom. The van der Waals surface area contributed by atoms with Crippen LogP contribution in [0.4, 0.5) is 11.4 Å². The Morgan fingerprint density at radius 2 is 1.62 bits per heavy atom. The number of aryl methyl sites for hydroxylation is 1. The molecule has 0 aliphatic heterocycles. The Bertz CT molecular complexity index is 819. The zero-order valence-electron chi connectivity index (χ0n) is 17.5. The number of benzene rings is 2. The number of carbonyl (C=O) groups excluding carboxylic acids is 2. The van der Waals surface area contributed by atoms with Crippen molar-refractivity contribution in [3.63, 3.8) is 0 Å². The van der Waals surface area contributed by atoms with Crippen molar-refractivity contribution in [1.29, 1.82) is 0 Å². The van der Waals surface area contributed by atoms with E-state index in [2.05, 4.69) is 10.6 Å². The molecule has 0 aliphatic rings. The highest BCUT2D eigenvalue weighted by Gasteiger charge is 2.08. The van der Waals surface area contributed by atoms with Crippen LogP contribution in [0, 0.1) is 0 Å². The number of rotatable bonds is 10. The molecule has 0 heterocycles. The number of hydrogen-bond donors (Lipinski definition) is 2. The van der Waals surface area contributed by atoms with Gasteiger partial charge in [-0.05, 0) is 54.8 Å².